The Morgan fingerprint density at radius 1 is 1.00 bits per heavy atom. The number of aryl methyl sites for hydroxylation is 2. The Morgan fingerprint density at radius 2 is 1.72 bits per heavy atom. The summed E-state index contributed by atoms with van der Waals surface area (Å²) in [5.74, 6) is 0.0190. The van der Waals surface area contributed by atoms with E-state index in [9.17, 15) is 4.79 Å². The van der Waals surface area contributed by atoms with E-state index in [1.165, 1.54) is 19.3 Å². The first-order chi connectivity index (χ1) is 12.1. The highest BCUT2D eigenvalue weighted by Crippen LogP contribution is 2.24. The molecule has 0 aliphatic heterocycles. The van der Waals surface area contributed by atoms with Gasteiger partial charge < -0.3 is 5.32 Å². The molecule has 0 unspecified atom stereocenters. The zero-order chi connectivity index (χ0) is 17.6. The van der Waals surface area contributed by atoms with Crippen LogP contribution < -0.4 is 10.6 Å². The predicted molar refractivity (Wildman–Crippen MR) is 104 cm³/mol. The van der Waals surface area contributed by atoms with E-state index in [2.05, 4.69) is 22.8 Å². The first-order valence-corrected chi connectivity index (χ1v) is 9.32. The molecule has 1 saturated carbocycles. The molecule has 2 aromatic rings. The van der Waals surface area contributed by atoms with E-state index >= 15 is 0 Å². The van der Waals surface area contributed by atoms with E-state index in [1.807, 2.05) is 50.2 Å². The van der Waals surface area contributed by atoms with Crippen LogP contribution >= 0.6 is 0 Å². The smallest absolute Gasteiger partial charge is 0.246 e. The molecule has 1 atom stereocenters. The number of nitrogens with one attached hydrogen (secondary N) is 2. The van der Waals surface area contributed by atoms with Gasteiger partial charge in [-0.2, -0.15) is 0 Å². The lowest BCUT2D eigenvalue weighted by Gasteiger charge is -2.28. The van der Waals surface area contributed by atoms with Gasteiger partial charge in [0.15, 0.2) is 0 Å². The summed E-state index contributed by atoms with van der Waals surface area (Å²) < 4.78 is 0. The Kier molecular flexibility index (Phi) is 5.87. The first-order valence-electron chi connectivity index (χ1n) is 9.32. The minimum Gasteiger partial charge on any atom is -0.324 e. The fourth-order valence-corrected chi connectivity index (χ4v) is 3.55. The Balaban J connectivity index is 1.80. The number of rotatable bonds is 5. The maximum absolute atomic E-state index is 13.1. The molecule has 3 heteroatoms. The van der Waals surface area contributed by atoms with Crippen LogP contribution in [0.15, 0.2) is 48.5 Å². The van der Waals surface area contributed by atoms with Gasteiger partial charge in [-0.15, -0.1) is 0 Å². The molecular weight excluding hydrogens is 308 g/mol. The van der Waals surface area contributed by atoms with E-state index < -0.39 is 0 Å². The summed E-state index contributed by atoms with van der Waals surface area (Å²) >= 11 is 0. The standard InChI is InChI=1S/C22H28N2O/c1-16-13-14-17(2)20(15-16)24-22(25)21(18-9-5-3-6-10-18)23-19-11-7-4-8-12-19/h3,5-6,9-10,13-15,19,21,23H,4,7-8,11-12H2,1-2H3,(H,24,25)/t21-/m0/s1. The van der Waals surface area contributed by atoms with Gasteiger partial charge in [-0.1, -0.05) is 61.7 Å². The minimum absolute atomic E-state index is 0.0190. The zero-order valence-corrected chi connectivity index (χ0v) is 15.2. The van der Waals surface area contributed by atoms with Gasteiger partial charge in [0.2, 0.25) is 5.91 Å². The van der Waals surface area contributed by atoms with E-state index in [0.29, 0.717) is 6.04 Å². The van der Waals surface area contributed by atoms with Gasteiger partial charge in [0.05, 0.1) is 0 Å². The number of hydrogen-bond donors (Lipinski definition) is 2. The lowest BCUT2D eigenvalue weighted by Crippen LogP contribution is -2.40. The average molecular weight is 336 g/mol. The van der Waals surface area contributed by atoms with Crippen molar-refractivity contribution in [3.8, 4) is 0 Å². The summed E-state index contributed by atoms with van der Waals surface area (Å²) in [7, 11) is 0. The number of carbonyl (C=O) groups excluding carboxylic acids is 1. The number of anilines is 1. The molecule has 25 heavy (non-hydrogen) atoms. The van der Waals surface area contributed by atoms with Crippen molar-refractivity contribution in [3.63, 3.8) is 0 Å². The highest BCUT2D eigenvalue weighted by atomic mass is 16.2. The summed E-state index contributed by atoms with van der Waals surface area (Å²) in [5, 5.41) is 6.75. The number of amides is 1. The molecule has 3 nitrogen and oxygen atoms in total. The Hall–Kier alpha value is -2.13. The topological polar surface area (TPSA) is 41.1 Å². The van der Waals surface area contributed by atoms with Crippen molar-refractivity contribution in [3.05, 3.63) is 65.2 Å². The van der Waals surface area contributed by atoms with E-state index in [0.717, 1.165) is 35.2 Å². The normalized spacial score (nSPS) is 16.4. The number of hydrogen-bond acceptors (Lipinski definition) is 2. The van der Waals surface area contributed by atoms with E-state index in [-0.39, 0.29) is 11.9 Å². The van der Waals surface area contributed by atoms with E-state index in [4.69, 9.17) is 0 Å². The molecule has 3 rings (SSSR count). The fraction of sp³-hybridized carbons (Fsp3) is 0.409. The summed E-state index contributed by atoms with van der Waals surface area (Å²) in [6.45, 7) is 4.07. The van der Waals surface area contributed by atoms with Crippen LogP contribution in [0.2, 0.25) is 0 Å². The second-order valence-electron chi connectivity index (χ2n) is 7.15. The Morgan fingerprint density at radius 3 is 2.44 bits per heavy atom. The van der Waals surface area contributed by atoms with E-state index in [1.54, 1.807) is 0 Å². The summed E-state index contributed by atoms with van der Waals surface area (Å²) in [6, 6.07) is 16.3. The first kappa shape index (κ1) is 17.7. The van der Waals surface area contributed by atoms with Crippen molar-refractivity contribution < 1.29 is 4.79 Å². The van der Waals surface area contributed by atoms with Gasteiger partial charge in [0.25, 0.3) is 0 Å². The van der Waals surface area contributed by atoms with Crippen LogP contribution in [0.4, 0.5) is 5.69 Å². The van der Waals surface area contributed by atoms with Crippen LogP contribution in [-0.2, 0) is 4.79 Å². The van der Waals surface area contributed by atoms with Crippen molar-refractivity contribution in [2.24, 2.45) is 0 Å². The zero-order valence-electron chi connectivity index (χ0n) is 15.2. The van der Waals surface area contributed by atoms with Gasteiger partial charge in [-0.25, -0.2) is 0 Å². The monoisotopic (exact) mass is 336 g/mol. The molecule has 0 aromatic heterocycles. The molecule has 2 aromatic carbocycles. The molecular formula is C22H28N2O. The van der Waals surface area contributed by atoms with Gasteiger partial charge >= 0.3 is 0 Å². The van der Waals surface area contributed by atoms with Gasteiger partial charge in [0.1, 0.15) is 6.04 Å². The van der Waals surface area contributed by atoms with Crippen LogP contribution in [0, 0.1) is 13.8 Å². The highest BCUT2D eigenvalue weighted by Gasteiger charge is 2.25. The van der Waals surface area contributed by atoms with Crippen LogP contribution in [-0.4, -0.2) is 11.9 Å². The van der Waals surface area contributed by atoms with Gasteiger partial charge in [0, 0.05) is 11.7 Å². The van der Waals surface area contributed by atoms with Gasteiger partial charge in [-0.05, 0) is 49.4 Å². The lowest BCUT2D eigenvalue weighted by molar-refractivity contribution is -0.118. The quantitative estimate of drug-likeness (QED) is 0.815. The maximum Gasteiger partial charge on any atom is 0.246 e. The molecule has 1 amide bonds. The minimum atomic E-state index is -0.316. The molecule has 2 N–H and O–H groups in total. The van der Waals surface area contributed by atoms with Crippen LogP contribution in [0.25, 0.3) is 0 Å². The molecule has 0 radical (unpaired) electrons. The van der Waals surface area contributed by atoms with Crippen molar-refractivity contribution in [1.29, 1.82) is 0 Å². The number of benzene rings is 2. The fourth-order valence-electron chi connectivity index (χ4n) is 3.55. The van der Waals surface area contributed by atoms with Crippen LogP contribution in [0.5, 0.6) is 0 Å². The summed E-state index contributed by atoms with van der Waals surface area (Å²) in [4.78, 5) is 13.1. The third-order valence-corrected chi connectivity index (χ3v) is 5.05. The summed E-state index contributed by atoms with van der Waals surface area (Å²) in [5.41, 5.74) is 4.16. The Bertz CT molecular complexity index is 705. The highest BCUT2D eigenvalue weighted by molar-refractivity contribution is 5.96. The largest absolute Gasteiger partial charge is 0.324 e. The molecule has 1 aliphatic carbocycles. The molecule has 0 spiro atoms. The summed E-state index contributed by atoms with van der Waals surface area (Å²) in [6.07, 6.45) is 6.11. The maximum atomic E-state index is 13.1. The van der Waals surface area contributed by atoms with Crippen molar-refractivity contribution in [1.82, 2.24) is 5.32 Å². The molecule has 0 bridgehead atoms. The third-order valence-electron chi connectivity index (χ3n) is 5.05. The number of carbonyl (C=O) groups is 1. The second-order valence-corrected chi connectivity index (χ2v) is 7.15. The molecule has 1 fully saturated rings. The van der Waals surface area contributed by atoms with Crippen molar-refractivity contribution in [2.45, 2.75) is 58.0 Å². The van der Waals surface area contributed by atoms with Crippen molar-refractivity contribution in [2.75, 3.05) is 5.32 Å². The SMILES string of the molecule is Cc1ccc(C)c(NC(=O)[C@@H](NC2CCCCC2)c2ccccc2)c1. The Labute approximate surface area is 150 Å². The van der Waals surface area contributed by atoms with Crippen molar-refractivity contribution >= 4 is 11.6 Å². The molecule has 0 heterocycles. The predicted octanol–water partition coefficient (Wildman–Crippen LogP) is 4.91. The molecule has 132 valence electrons. The average Bonchev–Trinajstić information content (AvgIpc) is 2.64. The molecule has 0 saturated heterocycles. The van der Waals surface area contributed by atoms with Crippen LogP contribution in [0.1, 0.15) is 54.8 Å². The third kappa shape index (κ3) is 4.70. The lowest BCUT2D eigenvalue weighted by atomic mass is 9.93. The second kappa shape index (κ2) is 8.30. The molecule has 1 aliphatic rings. The van der Waals surface area contributed by atoms with Crippen LogP contribution in [0.3, 0.4) is 0 Å². The van der Waals surface area contributed by atoms with Gasteiger partial charge in [-0.3, -0.25) is 10.1 Å².